The van der Waals surface area contributed by atoms with Crippen LogP contribution >= 0.6 is 11.3 Å². The minimum absolute atomic E-state index is 0.177. The van der Waals surface area contributed by atoms with E-state index >= 15 is 0 Å². The number of aromatic nitrogens is 1. The Hall–Kier alpha value is -3.39. The lowest BCUT2D eigenvalue weighted by Gasteiger charge is -2.08. The number of nitrogens with zero attached hydrogens (tertiary/aromatic N) is 1. The zero-order valence-corrected chi connectivity index (χ0v) is 16.7. The molecule has 2 amide bonds. The van der Waals surface area contributed by atoms with Crippen LogP contribution in [-0.4, -0.2) is 37.0 Å². The van der Waals surface area contributed by atoms with E-state index in [-0.39, 0.29) is 18.4 Å². The van der Waals surface area contributed by atoms with E-state index in [1.54, 1.807) is 36.8 Å². The molecule has 2 N–H and O–H groups in total. The topological polar surface area (TPSA) is 89.6 Å². The summed E-state index contributed by atoms with van der Waals surface area (Å²) in [5, 5.41) is 7.86. The average Bonchev–Trinajstić information content (AvgIpc) is 3.25. The van der Waals surface area contributed by atoms with Crippen molar-refractivity contribution in [2.24, 2.45) is 0 Å². The maximum absolute atomic E-state index is 12.2. The zero-order chi connectivity index (χ0) is 20.5. The van der Waals surface area contributed by atoms with Crippen molar-refractivity contribution in [3.05, 3.63) is 76.2 Å². The number of carbonyl (C=O) groups is 2. The molecule has 0 aliphatic carbocycles. The molecule has 0 atom stereocenters. The van der Waals surface area contributed by atoms with Crippen LogP contribution in [0.4, 0.5) is 0 Å². The summed E-state index contributed by atoms with van der Waals surface area (Å²) in [6.45, 7) is 0.876. The molecule has 3 rings (SSSR count). The number of nitrogens with one attached hydrogen (secondary N) is 2. The van der Waals surface area contributed by atoms with Crippen molar-refractivity contribution in [3.63, 3.8) is 0 Å². The van der Waals surface area contributed by atoms with Gasteiger partial charge in [0, 0.05) is 24.0 Å². The van der Waals surface area contributed by atoms with Crippen LogP contribution in [0.15, 0.2) is 60.0 Å². The SMILES string of the molecule is COc1ccccc1OCc1nc(C(=O)NCCNC(=O)c2ccccc2)cs1. The highest BCUT2D eigenvalue weighted by Gasteiger charge is 2.12. The van der Waals surface area contributed by atoms with Gasteiger partial charge in [-0.1, -0.05) is 30.3 Å². The molecular formula is C21H21N3O4S. The minimum Gasteiger partial charge on any atom is -0.493 e. The number of rotatable bonds is 9. The molecule has 1 aromatic heterocycles. The molecule has 0 aliphatic heterocycles. The first-order valence-corrected chi connectivity index (χ1v) is 9.87. The molecule has 150 valence electrons. The van der Waals surface area contributed by atoms with Gasteiger partial charge in [0.05, 0.1) is 7.11 Å². The van der Waals surface area contributed by atoms with Gasteiger partial charge in [-0.15, -0.1) is 11.3 Å². The Bertz CT molecular complexity index is 959. The number of ether oxygens (including phenoxy) is 2. The van der Waals surface area contributed by atoms with Crippen LogP contribution in [0, 0.1) is 0 Å². The van der Waals surface area contributed by atoms with E-state index in [0.29, 0.717) is 40.9 Å². The molecule has 3 aromatic rings. The van der Waals surface area contributed by atoms with Crippen molar-refractivity contribution < 1.29 is 19.1 Å². The van der Waals surface area contributed by atoms with Gasteiger partial charge >= 0.3 is 0 Å². The van der Waals surface area contributed by atoms with Gasteiger partial charge in [0.15, 0.2) is 11.5 Å². The van der Waals surface area contributed by atoms with Crippen molar-refractivity contribution in [3.8, 4) is 11.5 Å². The standard InChI is InChI=1S/C21H21N3O4S/c1-27-17-9-5-6-10-18(17)28-13-19-24-16(14-29-19)21(26)23-12-11-22-20(25)15-7-3-2-4-8-15/h2-10,14H,11-13H2,1H3,(H,22,25)(H,23,26). The summed E-state index contributed by atoms with van der Waals surface area (Å²) in [4.78, 5) is 28.4. The van der Waals surface area contributed by atoms with Crippen molar-refractivity contribution >= 4 is 23.2 Å². The van der Waals surface area contributed by atoms with Crippen LogP contribution in [0.2, 0.25) is 0 Å². The second-order valence-corrected chi connectivity index (χ2v) is 6.89. The first-order valence-electron chi connectivity index (χ1n) is 8.99. The van der Waals surface area contributed by atoms with Gasteiger partial charge in [-0.2, -0.15) is 0 Å². The van der Waals surface area contributed by atoms with Crippen molar-refractivity contribution in [1.29, 1.82) is 0 Å². The number of carbonyl (C=O) groups excluding carboxylic acids is 2. The third-order valence-electron chi connectivity index (χ3n) is 3.94. The van der Waals surface area contributed by atoms with Crippen LogP contribution in [0.1, 0.15) is 25.9 Å². The number of amides is 2. The molecule has 0 spiro atoms. The molecule has 0 aliphatic rings. The molecule has 29 heavy (non-hydrogen) atoms. The second-order valence-electron chi connectivity index (χ2n) is 5.94. The molecule has 7 nitrogen and oxygen atoms in total. The number of hydrogen-bond donors (Lipinski definition) is 2. The maximum atomic E-state index is 12.2. The first-order chi connectivity index (χ1) is 14.2. The minimum atomic E-state index is -0.293. The summed E-state index contributed by atoms with van der Waals surface area (Å²) in [5.74, 6) is 0.785. The van der Waals surface area contributed by atoms with Gasteiger partial charge in [0.25, 0.3) is 11.8 Å². The number of para-hydroxylation sites is 2. The Morgan fingerprint density at radius 3 is 2.31 bits per heavy atom. The Morgan fingerprint density at radius 2 is 1.59 bits per heavy atom. The van der Waals surface area contributed by atoms with E-state index < -0.39 is 0 Å². The maximum Gasteiger partial charge on any atom is 0.270 e. The largest absolute Gasteiger partial charge is 0.493 e. The Morgan fingerprint density at radius 1 is 0.931 bits per heavy atom. The van der Waals surface area contributed by atoms with E-state index in [2.05, 4.69) is 15.6 Å². The number of hydrogen-bond acceptors (Lipinski definition) is 6. The third-order valence-corrected chi connectivity index (χ3v) is 4.76. The van der Waals surface area contributed by atoms with Gasteiger partial charge in [-0.05, 0) is 24.3 Å². The van der Waals surface area contributed by atoms with Crippen molar-refractivity contribution in [1.82, 2.24) is 15.6 Å². The van der Waals surface area contributed by atoms with Crippen molar-refractivity contribution in [2.45, 2.75) is 6.61 Å². The smallest absolute Gasteiger partial charge is 0.270 e. The summed E-state index contributed by atoms with van der Waals surface area (Å²) < 4.78 is 11.0. The van der Waals surface area contributed by atoms with E-state index in [9.17, 15) is 9.59 Å². The molecule has 0 bridgehead atoms. The highest BCUT2D eigenvalue weighted by Crippen LogP contribution is 2.27. The van der Waals surface area contributed by atoms with Gasteiger partial charge in [0.1, 0.15) is 17.3 Å². The summed E-state index contributed by atoms with van der Waals surface area (Å²) in [5.41, 5.74) is 0.904. The van der Waals surface area contributed by atoms with Crippen LogP contribution in [0.5, 0.6) is 11.5 Å². The molecule has 1 heterocycles. The molecule has 0 radical (unpaired) electrons. The fourth-order valence-electron chi connectivity index (χ4n) is 2.49. The van der Waals surface area contributed by atoms with E-state index in [0.717, 1.165) is 0 Å². The Balaban J connectivity index is 1.42. The normalized spacial score (nSPS) is 10.2. The highest BCUT2D eigenvalue weighted by molar-refractivity contribution is 7.09. The average molecular weight is 411 g/mol. The Labute approximate surface area is 172 Å². The van der Waals surface area contributed by atoms with Crippen molar-refractivity contribution in [2.75, 3.05) is 20.2 Å². The Kier molecular flexibility index (Phi) is 7.18. The number of methoxy groups -OCH3 is 1. The highest BCUT2D eigenvalue weighted by atomic mass is 32.1. The summed E-state index contributed by atoms with van der Waals surface area (Å²) in [6.07, 6.45) is 0. The van der Waals surface area contributed by atoms with Crippen LogP contribution in [0.25, 0.3) is 0 Å². The van der Waals surface area contributed by atoms with Crippen LogP contribution < -0.4 is 20.1 Å². The van der Waals surface area contributed by atoms with Gasteiger partial charge in [-0.25, -0.2) is 4.98 Å². The van der Waals surface area contributed by atoms with E-state index in [1.165, 1.54) is 11.3 Å². The quantitative estimate of drug-likeness (QED) is 0.529. The predicted molar refractivity (Wildman–Crippen MR) is 111 cm³/mol. The summed E-state index contributed by atoms with van der Waals surface area (Å²) in [7, 11) is 1.58. The zero-order valence-electron chi connectivity index (χ0n) is 15.9. The van der Waals surface area contributed by atoms with E-state index in [4.69, 9.17) is 9.47 Å². The second kappa shape index (κ2) is 10.2. The molecule has 8 heteroatoms. The lowest BCUT2D eigenvalue weighted by atomic mass is 10.2. The fourth-order valence-corrected chi connectivity index (χ4v) is 3.18. The number of benzene rings is 2. The summed E-state index contributed by atoms with van der Waals surface area (Å²) >= 11 is 1.34. The first kappa shape index (κ1) is 20.3. The molecule has 0 unspecified atom stereocenters. The monoisotopic (exact) mass is 411 g/mol. The van der Waals surface area contributed by atoms with Gasteiger partial charge in [-0.3, -0.25) is 9.59 Å². The number of thiazole rings is 1. The summed E-state index contributed by atoms with van der Waals surface area (Å²) in [6, 6.07) is 16.3. The molecule has 0 fully saturated rings. The molecule has 0 saturated carbocycles. The lowest BCUT2D eigenvalue weighted by molar-refractivity contribution is 0.0925. The van der Waals surface area contributed by atoms with Gasteiger partial charge < -0.3 is 20.1 Å². The lowest BCUT2D eigenvalue weighted by Crippen LogP contribution is -2.34. The fraction of sp³-hybridized carbons (Fsp3) is 0.190. The van der Waals surface area contributed by atoms with Crippen LogP contribution in [-0.2, 0) is 6.61 Å². The molecule has 0 saturated heterocycles. The van der Waals surface area contributed by atoms with Crippen LogP contribution in [0.3, 0.4) is 0 Å². The van der Waals surface area contributed by atoms with E-state index in [1.807, 2.05) is 30.3 Å². The molecule has 2 aromatic carbocycles. The third kappa shape index (κ3) is 5.79. The predicted octanol–water partition coefficient (Wildman–Crippen LogP) is 2.89. The molecular weight excluding hydrogens is 390 g/mol. The van der Waals surface area contributed by atoms with Gasteiger partial charge in [0.2, 0.25) is 0 Å².